The number of hydrogen-bond donors (Lipinski definition) is 1. The Morgan fingerprint density at radius 2 is 1.72 bits per heavy atom. The summed E-state index contributed by atoms with van der Waals surface area (Å²) in [6.45, 7) is 0.512. The molecule has 0 aliphatic rings. The van der Waals surface area contributed by atoms with Crippen LogP contribution in [0, 0.1) is 0 Å². The van der Waals surface area contributed by atoms with Crippen molar-refractivity contribution in [2.45, 2.75) is 31.8 Å². The first kappa shape index (κ1) is 24.7. The molecule has 7 heteroatoms. The van der Waals surface area contributed by atoms with E-state index >= 15 is 0 Å². The van der Waals surface area contributed by atoms with Crippen LogP contribution in [0.1, 0.15) is 41.6 Å². The minimum absolute atomic E-state index is 0.0452. The Kier molecular flexibility index (Phi) is 10.5. The minimum Gasteiger partial charge on any atom is -0.497 e. The van der Waals surface area contributed by atoms with Crippen LogP contribution in [0.2, 0.25) is 0 Å². The summed E-state index contributed by atoms with van der Waals surface area (Å²) >= 11 is 0. The van der Waals surface area contributed by atoms with Crippen LogP contribution in [0.15, 0.2) is 60.7 Å². The van der Waals surface area contributed by atoms with Crippen molar-refractivity contribution < 1.29 is 28.6 Å². The number of ether oxygens (including phenoxy) is 3. The van der Waals surface area contributed by atoms with Gasteiger partial charge in [-0.1, -0.05) is 42.5 Å². The van der Waals surface area contributed by atoms with E-state index in [1.807, 2.05) is 36.4 Å². The van der Waals surface area contributed by atoms with Crippen molar-refractivity contribution >= 4 is 23.9 Å². The first-order chi connectivity index (χ1) is 15.5. The average molecular weight is 440 g/mol. The number of unbranched alkanes of at least 4 members (excludes halogenated alkanes) is 1. The number of carbonyl (C=O) groups excluding carboxylic acids is 3. The van der Waals surface area contributed by atoms with E-state index in [9.17, 15) is 14.4 Å². The Bertz CT molecular complexity index is 892. The second kappa shape index (κ2) is 13.6. The molecule has 2 rings (SSSR count). The van der Waals surface area contributed by atoms with Crippen molar-refractivity contribution in [1.82, 2.24) is 5.32 Å². The van der Waals surface area contributed by atoms with Crippen LogP contribution >= 0.6 is 0 Å². The number of nitrogens with one attached hydrogen (secondary N) is 1. The number of benzene rings is 2. The lowest BCUT2D eigenvalue weighted by Crippen LogP contribution is -2.31. The number of amides is 1. The lowest BCUT2D eigenvalue weighted by Gasteiger charge is -2.15. The highest BCUT2D eigenvalue weighted by Gasteiger charge is 2.25. The summed E-state index contributed by atoms with van der Waals surface area (Å²) in [6, 6.07) is 16.1. The Balaban J connectivity index is 1.69. The van der Waals surface area contributed by atoms with E-state index in [-0.39, 0.29) is 18.7 Å². The molecular formula is C25H29NO6. The van der Waals surface area contributed by atoms with E-state index in [0.29, 0.717) is 12.1 Å². The summed E-state index contributed by atoms with van der Waals surface area (Å²) in [7, 11) is 2.84. The monoisotopic (exact) mass is 439 g/mol. The molecule has 0 spiro atoms. The minimum atomic E-state index is -1.13. The number of hydrogen-bond acceptors (Lipinski definition) is 6. The highest BCUT2D eigenvalue weighted by Crippen LogP contribution is 2.13. The predicted octanol–water partition coefficient (Wildman–Crippen LogP) is 3.78. The number of allylic oxidation sites excluding steroid dienone is 1. The number of carbonyl (C=O) groups is 3. The van der Waals surface area contributed by atoms with Gasteiger partial charge in [0.2, 0.25) is 5.91 Å². The van der Waals surface area contributed by atoms with Gasteiger partial charge in [-0.05, 0) is 42.7 Å². The van der Waals surface area contributed by atoms with E-state index in [4.69, 9.17) is 14.2 Å². The molecule has 0 aliphatic heterocycles. The normalized spacial score (nSPS) is 11.6. The van der Waals surface area contributed by atoms with Gasteiger partial charge >= 0.3 is 11.9 Å². The predicted molar refractivity (Wildman–Crippen MR) is 121 cm³/mol. The Labute approximate surface area is 188 Å². The van der Waals surface area contributed by atoms with Gasteiger partial charge in [0.15, 0.2) is 6.10 Å². The van der Waals surface area contributed by atoms with E-state index < -0.39 is 18.0 Å². The van der Waals surface area contributed by atoms with Crippen molar-refractivity contribution in [1.29, 1.82) is 0 Å². The molecule has 170 valence electrons. The van der Waals surface area contributed by atoms with Gasteiger partial charge in [-0.25, -0.2) is 9.59 Å². The summed E-state index contributed by atoms with van der Waals surface area (Å²) in [6.07, 6.45) is 4.62. The quantitative estimate of drug-likeness (QED) is 0.400. The van der Waals surface area contributed by atoms with Crippen LogP contribution in [0.3, 0.4) is 0 Å². The molecule has 32 heavy (non-hydrogen) atoms. The van der Waals surface area contributed by atoms with Gasteiger partial charge in [0.25, 0.3) is 0 Å². The molecule has 2 aromatic carbocycles. The highest BCUT2D eigenvalue weighted by molar-refractivity contribution is 5.91. The zero-order valence-corrected chi connectivity index (χ0v) is 18.4. The Morgan fingerprint density at radius 1 is 1.00 bits per heavy atom. The molecule has 0 heterocycles. The van der Waals surface area contributed by atoms with Crippen molar-refractivity contribution in [3.8, 4) is 5.75 Å². The summed E-state index contributed by atoms with van der Waals surface area (Å²) < 4.78 is 15.1. The summed E-state index contributed by atoms with van der Waals surface area (Å²) in [5, 5.41) is 2.81. The molecule has 0 unspecified atom stereocenters. The second-order valence-corrected chi connectivity index (χ2v) is 6.99. The summed E-state index contributed by atoms with van der Waals surface area (Å²) in [5.74, 6) is -0.723. The number of esters is 2. The molecule has 2 aromatic rings. The van der Waals surface area contributed by atoms with Crippen molar-refractivity contribution in [2.75, 3.05) is 20.8 Å². The zero-order chi connectivity index (χ0) is 23.2. The maximum Gasteiger partial charge on any atom is 0.347 e. The molecule has 1 amide bonds. The molecule has 0 bridgehead atoms. The van der Waals surface area contributed by atoms with Crippen LogP contribution < -0.4 is 10.1 Å². The molecule has 0 saturated carbocycles. The van der Waals surface area contributed by atoms with Gasteiger partial charge in [-0.3, -0.25) is 4.79 Å². The topological polar surface area (TPSA) is 90.9 Å². The number of rotatable bonds is 12. The molecule has 1 atom stereocenters. The van der Waals surface area contributed by atoms with Crippen molar-refractivity contribution in [2.24, 2.45) is 0 Å². The molecule has 0 aromatic heterocycles. The van der Waals surface area contributed by atoms with Gasteiger partial charge in [-0.15, -0.1) is 0 Å². The molecule has 0 radical (unpaired) electrons. The van der Waals surface area contributed by atoms with Crippen molar-refractivity contribution in [3.05, 3.63) is 71.8 Å². The maximum absolute atomic E-state index is 12.2. The first-order valence-corrected chi connectivity index (χ1v) is 10.4. The van der Waals surface area contributed by atoms with Crippen molar-refractivity contribution in [3.63, 3.8) is 0 Å². The van der Waals surface area contributed by atoms with Crippen LogP contribution in [0.25, 0.3) is 6.08 Å². The molecule has 0 fully saturated rings. The van der Waals surface area contributed by atoms with Gasteiger partial charge in [-0.2, -0.15) is 0 Å². The molecule has 7 nitrogen and oxygen atoms in total. The maximum atomic E-state index is 12.2. The lowest BCUT2D eigenvalue weighted by molar-refractivity contribution is -0.151. The van der Waals surface area contributed by atoms with E-state index in [1.165, 1.54) is 7.11 Å². The molecule has 0 saturated heterocycles. The van der Waals surface area contributed by atoms with E-state index in [2.05, 4.69) is 5.32 Å². The zero-order valence-electron chi connectivity index (χ0n) is 18.4. The first-order valence-electron chi connectivity index (χ1n) is 10.4. The Morgan fingerprint density at radius 3 is 2.38 bits per heavy atom. The fourth-order valence-electron chi connectivity index (χ4n) is 2.86. The van der Waals surface area contributed by atoms with E-state index in [1.54, 1.807) is 37.4 Å². The van der Waals surface area contributed by atoms with Crippen LogP contribution in [-0.4, -0.2) is 44.7 Å². The lowest BCUT2D eigenvalue weighted by atomic mass is 10.1. The van der Waals surface area contributed by atoms with Crippen LogP contribution in [0.4, 0.5) is 0 Å². The standard InChI is InChI=1S/C25H29NO6/c1-30-21-14-12-19(13-15-21)9-5-4-8-18-26-23(27)17-16-22(25(29)31-2)32-24(28)20-10-6-3-7-11-20/h3,5-7,9-15,22H,4,8,16-18H2,1-2H3,(H,26,27)/b9-5-/t22-/m1/s1. The number of methoxy groups -OCH3 is 2. The second-order valence-electron chi connectivity index (χ2n) is 6.99. The third-order valence-electron chi connectivity index (χ3n) is 4.65. The van der Waals surface area contributed by atoms with Crippen LogP contribution in [-0.2, 0) is 19.1 Å². The molecule has 1 N–H and O–H groups in total. The SMILES string of the molecule is COC(=O)[C@@H](CCC(=O)NCCC/C=C\c1ccc(OC)cc1)OC(=O)c1ccccc1. The van der Waals surface area contributed by atoms with Crippen LogP contribution in [0.5, 0.6) is 5.75 Å². The largest absolute Gasteiger partial charge is 0.497 e. The summed E-state index contributed by atoms with van der Waals surface area (Å²) in [4.78, 5) is 36.2. The van der Waals surface area contributed by atoms with Gasteiger partial charge in [0.05, 0.1) is 19.8 Å². The smallest absolute Gasteiger partial charge is 0.347 e. The van der Waals surface area contributed by atoms with Gasteiger partial charge in [0.1, 0.15) is 5.75 Å². The van der Waals surface area contributed by atoms with E-state index in [0.717, 1.165) is 24.2 Å². The third-order valence-corrected chi connectivity index (χ3v) is 4.65. The summed E-state index contributed by atoms with van der Waals surface area (Å²) in [5.41, 5.74) is 1.40. The highest BCUT2D eigenvalue weighted by atomic mass is 16.6. The average Bonchev–Trinajstić information content (AvgIpc) is 2.84. The fourth-order valence-corrected chi connectivity index (χ4v) is 2.86. The third kappa shape index (κ3) is 8.63. The molecular weight excluding hydrogens is 410 g/mol. The van der Waals surface area contributed by atoms with Gasteiger partial charge < -0.3 is 19.5 Å². The fraction of sp³-hybridized carbons (Fsp3) is 0.320. The Hall–Kier alpha value is -3.61. The molecule has 0 aliphatic carbocycles. The van der Waals surface area contributed by atoms with Gasteiger partial charge in [0, 0.05) is 19.4 Å².